The molecule has 1 atom stereocenters. The van der Waals surface area contributed by atoms with Crippen LogP contribution >= 0.6 is 0 Å². The fourth-order valence-electron chi connectivity index (χ4n) is 2.78. The van der Waals surface area contributed by atoms with Crippen molar-refractivity contribution in [3.05, 3.63) is 65.7 Å². The number of rotatable bonds is 5. The monoisotopic (exact) mass is 383 g/mol. The molecule has 1 saturated heterocycles. The van der Waals surface area contributed by atoms with Gasteiger partial charge in [0.15, 0.2) is 5.78 Å². The zero-order valence-corrected chi connectivity index (χ0v) is 16.8. The van der Waals surface area contributed by atoms with Gasteiger partial charge in [-0.3, -0.25) is 9.59 Å². The number of ether oxygens (including phenoxy) is 2. The smallest absolute Gasteiger partial charge is 0.293 e. The number of ketones is 1. The molecule has 0 spiro atoms. The molecule has 1 fully saturated rings. The molecule has 28 heavy (non-hydrogen) atoms. The zero-order valence-electron chi connectivity index (χ0n) is 16.8. The third-order valence-electron chi connectivity index (χ3n) is 4.23. The number of hydrogen-bond donors (Lipinski definition) is 1. The molecule has 3 rings (SSSR count). The molecule has 0 aromatic heterocycles. The molecule has 0 bridgehead atoms. The molecule has 0 amide bonds. The van der Waals surface area contributed by atoms with E-state index in [0.717, 1.165) is 29.8 Å². The summed E-state index contributed by atoms with van der Waals surface area (Å²) in [6.07, 6.45) is 0.878. The van der Waals surface area contributed by atoms with Crippen LogP contribution in [0.15, 0.2) is 54.6 Å². The number of benzene rings is 2. The molecule has 150 valence electrons. The van der Waals surface area contributed by atoms with Crippen LogP contribution in [0.3, 0.4) is 0 Å². The van der Waals surface area contributed by atoms with Gasteiger partial charge >= 0.3 is 0 Å². The van der Waals surface area contributed by atoms with Gasteiger partial charge in [0, 0.05) is 5.92 Å². The third kappa shape index (κ3) is 7.53. The van der Waals surface area contributed by atoms with Crippen molar-refractivity contribution in [3.63, 3.8) is 0 Å². The van der Waals surface area contributed by atoms with E-state index in [-0.39, 0.29) is 17.3 Å². The van der Waals surface area contributed by atoms with Crippen LogP contribution in [0.1, 0.15) is 44.2 Å². The van der Waals surface area contributed by atoms with Gasteiger partial charge in [-0.25, -0.2) is 0 Å². The van der Waals surface area contributed by atoms with Crippen LogP contribution in [-0.4, -0.2) is 30.9 Å². The highest BCUT2D eigenvalue weighted by Crippen LogP contribution is 2.25. The van der Waals surface area contributed by atoms with Crippen LogP contribution < -0.4 is 10.1 Å². The minimum Gasteiger partial charge on any atom is -0.489 e. The van der Waals surface area contributed by atoms with Crippen LogP contribution in [0, 0.1) is 0 Å². The van der Waals surface area contributed by atoms with E-state index in [9.17, 15) is 9.59 Å². The third-order valence-corrected chi connectivity index (χ3v) is 4.23. The predicted octanol–water partition coefficient (Wildman–Crippen LogP) is 3.87. The van der Waals surface area contributed by atoms with E-state index in [1.54, 1.807) is 0 Å². The molecule has 1 N–H and O–H groups in total. The largest absolute Gasteiger partial charge is 0.489 e. The molecule has 0 saturated carbocycles. The van der Waals surface area contributed by atoms with Gasteiger partial charge in [0.2, 0.25) is 0 Å². The maximum Gasteiger partial charge on any atom is 0.293 e. The Bertz CT molecular complexity index is 735. The zero-order chi connectivity index (χ0) is 20.4. The molecule has 5 heteroatoms. The molecule has 2 aromatic carbocycles. The number of carbonyl (C=O) groups excluding carboxylic acids is 2. The van der Waals surface area contributed by atoms with Gasteiger partial charge in [-0.15, -0.1) is 0 Å². The summed E-state index contributed by atoms with van der Waals surface area (Å²) in [6, 6.07) is 18.0. The van der Waals surface area contributed by atoms with E-state index in [1.807, 2.05) is 75.4 Å². The van der Waals surface area contributed by atoms with E-state index in [4.69, 9.17) is 4.74 Å². The maximum absolute atomic E-state index is 11.9. The summed E-state index contributed by atoms with van der Waals surface area (Å²) in [5.74, 6) is 1.15. The van der Waals surface area contributed by atoms with Crippen molar-refractivity contribution < 1.29 is 19.1 Å². The Hall–Kier alpha value is -2.66. The fourth-order valence-corrected chi connectivity index (χ4v) is 2.78. The summed E-state index contributed by atoms with van der Waals surface area (Å²) >= 11 is 0. The molecular weight excluding hydrogens is 354 g/mol. The minimum atomic E-state index is -0.318. The Labute approximate surface area is 167 Å². The van der Waals surface area contributed by atoms with Crippen LogP contribution in [0.5, 0.6) is 5.75 Å². The Morgan fingerprint density at radius 2 is 1.75 bits per heavy atom. The highest BCUT2D eigenvalue weighted by molar-refractivity contribution is 5.88. The van der Waals surface area contributed by atoms with Crippen molar-refractivity contribution in [1.29, 1.82) is 0 Å². The minimum absolute atomic E-state index is 0.0365. The average Bonchev–Trinajstić information content (AvgIpc) is 2.68. The lowest BCUT2D eigenvalue weighted by Crippen LogP contribution is -2.35. The van der Waals surface area contributed by atoms with Crippen LogP contribution in [0.2, 0.25) is 0 Å². The Morgan fingerprint density at radius 3 is 2.29 bits per heavy atom. The molecule has 1 unspecified atom stereocenters. The van der Waals surface area contributed by atoms with Crippen LogP contribution in [0.4, 0.5) is 0 Å². The Balaban J connectivity index is 0.000000345. The van der Waals surface area contributed by atoms with E-state index in [1.165, 1.54) is 0 Å². The Morgan fingerprint density at radius 1 is 1.07 bits per heavy atom. The second-order valence-electron chi connectivity index (χ2n) is 7.65. The molecule has 1 aliphatic rings. The summed E-state index contributed by atoms with van der Waals surface area (Å²) in [5, 5.41) is 3.11. The number of carbonyl (C=O) groups is 2. The first-order valence-electron chi connectivity index (χ1n) is 9.50. The van der Waals surface area contributed by atoms with Gasteiger partial charge in [-0.05, 0) is 57.0 Å². The van der Waals surface area contributed by atoms with Crippen LogP contribution in [0.25, 0.3) is 0 Å². The molecule has 5 nitrogen and oxygen atoms in total. The standard InChI is InChI=1S/C18H19NO2.C5H10O2/c20-18-12-19-11-10-17(18)15-6-8-16(9-7-15)21-13-14-4-2-1-3-5-14;1-5(2,3)7-4-6/h1-9,17,19H,10-13H2;4H,1-3H3. The molecule has 0 aliphatic carbocycles. The maximum atomic E-state index is 11.9. The van der Waals surface area contributed by atoms with Gasteiger partial charge in [0.25, 0.3) is 6.47 Å². The topological polar surface area (TPSA) is 64.6 Å². The highest BCUT2D eigenvalue weighted by Gasteiger charge is 2.23. The highest BCUT2D eigenvalue weighted by atomic mass is 16.5. The molecule has 1 heterocycles. The number of hydrogen-bond acceptors (Lipinski definition) is 5. The SMILES string of the molecule is CC(C)(C)OC=O.O=C1CNCCC1c1ccc(OCc2ccccc2)cc1. The second kappa shape index (κ2) is 10.6. The summed E-state index contributed by atoms with van der Waals surface area (Å²) in [4.78, 5) is 21.5. The van der Waals surface area contributed by atoms with Crippen molar-refractivity contribution in [1.82, 2.24) is 5.32 Å². The summed E-state index contributed by atoms with van der Waals surface area (Å²) in [7, 11) is 0. The van der Waals surface area contributed by atoms with Crippen molar-refractivity contribution in [2.75, 3.05) is 13.1 Å². The number of nitrogens with one attached hydrogen (secondary N) is 1. The number of Topliss-reactive ketones (excluding diaryl/α,β-unsaturated/α-hetero) is 1. The van der Waals surface area contributed by atoms with Gasteiger partial charge in [0.05, 0.1) is 6.54 Å². The molecule has 0 radical (unpaired) electrons. The summed E-state index contributed by atoms with van der Waals surface area (Å²) in [5.41, 5.74) is 1.92. The first-order chi connectivity index (χ1) is 13.4. The Kier molecular flexibility index (Phi) is 8.20. The van der Waals surface area contributed by atoms with E-state index in [2.05, 4.69) is 10.1 Å². The average molecular weight is 383 g/mol. The van der Waals surface area contributed by atoms with Crippen molar-refractivity contribution in [2.24, 2.45) is 0 Å². The first kappa shape index (κ1) is 21.6. The first-order valence-corrected chi connectivity index (χ1v) is 9.50. The van der Waals surface area contributed by atoms with Crippen molar-refractivity contribution >= 4 is 12.3 Å². The van der Waals surface area contributed by atoms with E-state index < -0.39 is 0 Å². The lowest BCUT2D eigenvalue weighted by atomic mass is 9.89. The molecule has 2 aromatic rings. The van der Waals surface area contributed by atoms with Gasteiger partial charge in [-0.1, -0.05) is 42.5 Å². The molecular formula is C23H29NO4. The molecule has 1 aliphatic heterocycles. The summed E-state index contributed by atoms with van der Waals surface area (Å²) < 4.78 is 10.3. The van der Waals surface area contributed by atoms with Gasteiger partial charge < -0.3 is 14.8 Å². The van der Waals surface area contributed by atoms with Crippen molar-refractivity contribution in [2.45, 2.75) is 45.3 Å². The van der Waals surface area contributed by atoms with E-state index in [0.29, 0.717) is 19.6 Å². The van der Waals surface area contributed by atoms with E-state index >= 15 is 0 Å². The van der Waals surface area contributed by atoms with Crippen molar-refractivity contribution in [3.8, 4) is 5.75 Å². The van der Waals surface area contributed by atoms with Gasteiger partial charge in [-0.2, -0.15) is 0 Å². The lowest BCUT2D eigenvalue weighted by Gasteiger charge is -2.21. The quantitative estimate of drug-likeness (QED) is 0.794. The van der Waals surface area contributed by atoms with Gasteiger partial charge in [0.1, 0.15) is 18.0 Å². The normalized spacial score (nSPS) is 16.5. The fraction of sp³-hybridized carbons (Fsp3) is 0.391. The summed E-state index contributed by atoms with van der Waals surface area (Å²) in [6.45, 7) is 7.87. The van der Waals surface area contributed by atoms with Crippen LogP contribution in [-0.2, 0) is 20.9 Å². The number of piperidine rings is 1. The second-order valence-corrected chi connectivity index (χ2v) is 7.65. The predicted molar refractivity (Wildman–Crippen MR) is 109 cm³/mol. The lowest BCUT2D eigenvalue weighted by molar-refractivity contribution is -0.138.